The van der Waals surface area contributed by atoms with Crippen LogP contribution in [0.1, 0.15) is 25.0 Å². The second-order valence-electron chi connectivity index (χ2n) is 5.64. The molecule has 0 aliphatic heterocycles. The van der Waals surface area contributed by atoms with Gasteiger partial charge in [0.25, 0.3) is 0 Å². The second kappa shape index (κ2) is 6.91. The molecule has 0 saturated carbocycles. The molecule has 2 aromatic rings. The molecule has 0 fully saturated rings. The lowest BCUT2D eigenvalue weighted by molar-refractivity contribution is 0.0824. The largest absolute Gasteiger partial charge is 0.376 e. The highest BCUT2D eigenvalue weighted by atomic mass is 79.9. The molecule has 0 bridgehead atoms. The Bertz CT molecular complexity index is 628. The van der Waals surface area contributed by atoms with Crippen LogP contribution < -0.4 is 0 Å². The van der Waals surface area contributed by atoms with Gasteiger partial charge in [-0.3, -0.25) is 0 Å². The van der Waals surface area contributed by atoms with Crippen LogP contribution in [0, 0.1) is 5.82 Å². The molecule has 0 aliphatic rings. The number of hydrogen-bond donors (Lipinski definition) is 0. The van der Waals surface area contributed by atoms with E-state index in [2.05, 4.69) is 29.8 Å². The Hall–Kier alpha value is -0.900. The first kappa shape index (κ1) is 16.5. The molecule has 0 aliphatic carbocycles. The maximum Gasteiger partial charge on any atom is 0.137 e. The maximum atomic E-state index is 13.2. The molecule has 2 aromatic carbocycles. The minimum atomic E-state index is -0.266. The van der Waals surface area contributed by atoms with Gasteiger partial charge >= 0.3 is 0 Å². The van der Waals surface area contributed by atoms with E-state index in [0.717, 1.165) is 16.1 Å². The molecule has 4 heteroatoms. The van der Waals surface area contributed by atoms with E-state index in [9.17, 15) is 4.39 Å². The van der Waals surface area contributed by atoms with E-state index in [-0.39, 0.29) is 11.2 Å². The predicted molar refractivity (Wildman–Crippen MR) is 88.2 cm³/mol. The van der Waals surface area contributed by atoms with Crippen molar-refractivity contribution in [3.8, 4) is 0 Å². The first-order valence-electron chi connectivity index (χ1n) is 6.66. The fourth-order valence-electron chi connectivity index (χ4n) is 2.05. The van der Waals surface area contributed by atoms with Crippen LogP contribution in [0.25, 0.3) is 0 Å². The van der Waals surface area contributed by atoms with Crippen LogP contribution in [0.5, 0.6) is 0 Å². The summed E-state index contributed by atoms with van der Waals surface area (Å²) in [5, 5.41) is 0.725. The molecule has 21 heavy (non-hydrogen) atoms. The van der Waals surface area contributed by atoms with Gasteiger partial charge in [-0.2, -0.15) is 0 Å². The van der Waals surface area contributed by atoms with Crippen LogP contribution in [-0.2, 0) is 16.8 Å². The van der Waals surface area contributed by atoms with E-state index in [1.54, 1.807) is 12.1 Å². The molecule has 0 aromatic heterocycles. The molecule has 0 spiro atoms. The molecule has 0 N–H and O–H groups in total. The molecule has 0 atom stereocenters. The second-order valence-corrected chi connectivity index (χ2v) is 6.93. The van der Waals surface area contributed by atoms with E-state index in [4.69, 9.17) is 16.3 Å². The average molecular weight is 372 g/mol. The summed E-state index contributed by atoms with van der Waals surface area (Å²) in [4.78, 5) is 0. The highest BCUT2D eigenvalue weighted by molar-refractivity contribution is 9.10. The van der Waals surface area contributed by atoms with Crippen molar-refractivity contribution in [2.75, 3.05) is 6.61 Å². The molecule has 2 rings (SSSR count). The Kier molecular flexibility index (Phi) is 5.42. The van der Waals surface area contributed by atoms with Crippen molar-refractivity contribution < 1.29 is 9.13 Å². The van der Waals surface area contributed by atoms with Gasteiger partial charge in [0.1, 0.15) is 5.82 Å². The van der Waals surface area contributed by atoms with Gasteiger partial charge in [-0.25, -0.2) is 4.39 Å². The summed E-state index contributed by atoms with van der Waals surface area (Å²) in [6, 6.07) is 12.7. The summed E-state index contributed by atoms with van der Waals surface area (Å²) in [5.41, 5.74) is 1.93. The monoisotopic (exact) mass is 370 g/mol. The van der Waals surface area contributed by atoms with E-state index in [1.807, 2.05) is 24.3 Å². The van der Waals surface area contributed by atoms with Gasteiger partial charge in [0.05, 0.1) is 17.7 Å². The van der Waals surface area contributed by atoms with Crippen molar-refractivity contribution in [1.82, 2.24) is 0 Å². The lowest BCUT2D eigenvalue weighted by Gasteiger charge is -2.25. The maximum absolute atomic E-state index is 13.2. The zero-order valence-electron chi connectivity index (χ0n) is 12.0. The number of rotatable bonds is 5. The first-order chi connectivity index (χ1) is 9.88. The van der Waals surface area contributed by atoms with Gasteiger partial charge < -0.3 is 4.74 Å². The van der Waals surface area contributed by atoms with Crippen molar-refractivity contribution in [3.05, 3.63) is 68.9 Å². The van der Waals surface area contributed by atoms with Crippen LogP contribution in [-0.4, -0.2) is 6.61 Å². The fraction of sp³-hybridized carbons (Fsp3) is 0.294. The molecule has 1 nitrogen and oxygen atoms in total. The normalized spacial score (nSPS) is 11.7. The summed E-state index contributed by atoms with van der Waals surface area (Å²) in [6.07, 6.45) is 0. The molecule has 0 saturated heterocycles. The van der Waals surface area contributed by atoms with Gasteiger partial charge in [0.15, 0.2) is 0 Å². The van der Waals surface area contributed by atoms with Crippen LogP contribution in [0.15, 0.2) is 46.9 Å². The zero-order valence-corrected chi connectivity index (χ0v) is 14.3. The third-order valence-corrected chi connectivity index (χ3v) is 4.16. The Balaban J connectivity index is 1.97. The number of ether oxygens (including phenoxy) is 1. The molecular formula is C17H17BrClFO. The van der Waals surface area contributed by atoms with Crippen LogP contribution >= 0.6 is 27.5 Å². The molecular weight excluding hydrogens is 355 g/mol. The molecule has 0 heterocycles. The Morgan fingerprint density at radius 3 is 2.62 bits per heavy atom. The Labute approximate surface area is 138 Å². The highest BCUT2D eigenvalue weighted by Gasteiger charge is 2.21. The van der Waals surface area contributed by atoms with Gasteiger partial charge in [0, 0.05) is 10.4 Å². The lowest BCUT2D eigenvalue weighted by Crippen LogP contribution is -2.24. The highest BCUT2D eigenvalue weighted by Crippen LogP contribution is 2.26. The van der Waals surface area contributed by atoms with E-state index < -0.39 is 0 Å². The summed E-state index contributed by atoms with van der Waals surface area (Å²) < 4.78 is 19.4. The number of hydrogen-bond acceptors (Lipinski definition) is 1. The van der Waals surface area contributed by atoms with Crippen molar-refractivity contribution in [2.24, 2.45) is 0 Å². The summed E-state index contributed by atoms with van der Waals surface area (Å²) in [5.74, 6) is -0.266. The van der Waals surface area contributed by atoms with Gasteiger partial charge in [-0.15, -0.1) is 0 Å². The quantitative estimate of drug-likeness (QED) is 0.651. The first-order valence-corrected chi connectivity index (χ1v) is 7.83. The molecule has 112 valence electrons. The van der Waals surface area contributed by atoms with Crippen molar-refractivity contribution in [2.45, 2.75) is 25.9 Å². The van der Waals surface area contributed by atoms with Crippen LogP contribution in [0.2, 0.25) is 5.02 Å². The summed E-state index contributed by atoms with van der Waals surface area (Å²) in [6.45, 7) is 5.23. The molecule has 0 amide bonds. The SMILES string of the molecule is CC(C)(COCc1ccc(F)c(Br)c1)c1cccc(Cl)c1. The predicted octanol–water partition coefficient (Wildman–Crippen LogP) is 5.74. The molecule has 0 unspecified atom stereocenters. The van der Waals surface area contributed by atoms with E-state index in [1.165, 1.54) is 6.07 Å². The Morgan fingerprint density at radius 1 is 1.19 bits per heavy atom. The van der Waals surface area contributed by atoms with Crippen LogP contribution in [0.4, 0.5) is 4.39 Å². The van der Waals surface area contributed by atoms with E-state index in [0.29, 0.717) is 17.7 Å². The third kappa shape index (κ3) is 4.53. The van der Waals surface area contributed by atoms with Gasteiger partial charge in [-0.05, 0) is 51.3 Å². The van der Waals surface area contributed by atoms with Crippen molar-refractivity contribution in [1.29, 1.82) is 0 Å². The Morgan fingerprint density at radius 2 is 1.95 bits per heavy atom. The van der Waals surface area contributed by atoms with Crippen molar-refractivity contribution in [3.63, 3.8) is 0 Å². The number of halogens is 3. The standard InChI is InChI=1S/C17H17BrClFO/c1-17(2,13-4-3-5-14(19)9-13)11-21-10-12-6-7-16(20)15(18)8-12/h3-9H,10-11H2,1-2H3. The minimum absolute atomic E-state index is 0.137. The van der Waals surface area contributed by atoms with Gasteiger partial charge in [0.2, 0.25) is 0 Å². The fourth-order valence-corrected chi connectivity index (χ4v) is 2.66. The van der Waals surface area contributed by atoms with Gasteiger partial charge in [-0.1, -0.05) is 43.6 Å². The smallest absolute Gasteiger partial charge is 0.137 e. The van der Waals surface area contributed by atoms with E-state index >= 15 is 0 Å². The summed E-state index contributed by atoms with van der Waals surface area (Å²) in [7, 11) is 0. The minimum Gasteiger partial charge on any atom is -0.376 e. The summed E-state index contributed by atoms with van der Waals surface area (Å²) >= 11 is 9.21. The topological polar surface area (TPSA) is 9.23 Å². The average Bonchev–Trinajstić information content (AvgIpc) is 2.43. The zero-order chi connectivity index (χ0) is 15.5. The third-order valence-electron chi connectivity index (χ3n) is 3.32. The van der Waals surface area contributed by atoms with Crippen LogP contribution in [0.3, 0.4) is 0 Å². The number of benzene rings is 2. The lowest BCUT2D eigenvalue weighted by atomic mass is 9.86. The van der Waals surface area contributed by atoms with Crippen molar-refractivity contribution >= 4 is 27.5 Å². The molecule has 0 radical (unpaired) electrons.